The standard InChI is InChI=1S/C19H15BrN8O2S/c20-13-6-4-5-12(9-13)10-22-24-19(29)16-15(11-31-14-7-2-1-3-8-14)28(27-23-16)18-17(21)25-30-26-18/h1-10H,11H2,(H2,21,25)(H,24,29)/b22-10+. The maximum absolute atomic E-state index is 12.8. The molecule has 0 saturated heterocycles. The second kappa shape index (κ2) is 9.53. The van der Waals surface area contributed by atoms with Crippen LogP contribution in [0, 0.1) is 0 Å². The Balaban J connectivity index is 1.58. The number of hydrogen-bond acceptors (Lipinski definition) is 9. The Hall–Kier alpha value is -3.51. The van der Waals surface area contributed by atoms with Crippen molar-refractivity contribution < 1.29 is 9.42 Å². The van der Waals surface area contributed by atoms with Crippen molar-refractivity contribution in [1.29, 1.82) is 0 Å². The molecule has 1 amide bonds. The molecule has 4 rings (SSSR count). The number of thioether (sulfide) groups is 1. The minimum absolute atomic E-state index is 0.0375. The highest BCUT2D eigenvalue weighted by Gasteiger charge is 2.24. The van der Waals surface area contributed by atoms with Gasteiger partial charge in [-0.3, -0.25) is 4.79 Å². The molecule has 0 radical (unpaired) electrons. The first-order valence-electron chi connectivity index (χ1n) is 8.91. The number of hydrazone groups is 1. The van der Waals surface area contributed by atoms with Gasteiger partial charge in [0.2, 0.25) is 11.6 Å². The summed E-state index contributed by atoms with van der Waals surface area (Å²) in [6.45, 7) is 0. The van der Waals surface area contributed by atoms with Gasteiger partial charge in [0, 0.05) is 15.1 Å². The number of nitrogens with one attached hydrogen (secondary N) is 1. The van der Waals surface area contributed by atoms with E-state index in [-0.39, 0.29) is 17.3 Å². The fraction of sp³-hybridized carbons (Fsp3) is 0.0526. The highest BCUT2D eigenvalue weighted by Crippen LogP contribution is 2.25. The molecule has 2 heterocycles. The monoisotopic (exact) mass is 498 g/mol. The first kappa shape index (κ1) is 20.8. The summed E-state index contributed by atoms with van der Waals surface area (Å²) in [5.74, 6) is 0.0565. The molecule has 0 aliphatic heterocycles. The van der Waals surface area contributed by atoms with Gasteiger partial charge in [0.15, 0.2) is 5.69 Å². The Kier molecular flexibility index (Phi) is 6.38. The van der Waals surface area contributed by atoms with Crippen LogP contribution in [0.1, 0.15) is 21.7 Å². The number of aromatic nitrogens is 5. The summed E-state index contributed by atoms with van der Waals surface area (Å²) in [6.07, 6.45) is 1.53. The third kappa shape index (κ3) is 4.98. The number of amides is 1. The van der Waals surface area contributed by atoms with Crippen LogP contribution in [0.4, 0.5) is 5.82 Å². The summed E-state index contributed by atoms with van der Waals surface area (Å²) in [5.41, 5.74) is 9.67. The quantitative estimate of drug-likeness (QED) is 0.225. The van der Waals surface area contributed by atoms with Crippen LogP contribution >= 0.6 is 27.7 Å². The van der Waals surface area contributed by atoms with Gasteiger partial charge in [-0.25, -0.2) is 10.1 Å². The summed E-state index contributed by atoms with van der Waals surface area (Å²) >= 11 is 4.90. The van der Waals surface area contributed by atoms with Gasteiger partial charge in [0.05, 0.1) is 11.9 Å². The Labute approximate surface area is 189 Å². The molecule has 31 heavy (non-hydrogen) atoms. The third-order valence-corrected chi connectivity index (χ3v) is 5.54. The number of carbonyl (C=O) groups is 1. The zero-order valence-electron chi connectivity index (χ0n) is 15.8. The molecule has 12 heteroatoms. The summed E-state index contributed by atoms with van der Waals surface area (Å²) in [7, 11) is 0. The molecule has 0 aliphatic carbocycles. The molecule has 3 N–H and O–H groups in total. The topological polar surface area (TPSA) is 137 Å². The average Bonchev–Trinajstić information content (AvgIpc) is 3.38. The van der Waals surface area contributed by atoms with Crippen LogP contribution in [0.25, 0.3) is 5.82 Å². The number of nitrogens with two attached hydrogens (primary N) is 1. The zero-order valence-corrected chi connectivity index (χ0v) is 18.2. The maximum atomic E-state index is 12.8. The number of halogens is 1. The van der Waals surface area contributed by atoms with E-state index in [1.54, 1.807) is 0 Å². The van der Waals surface area contributed by atoms with Crippen LogP contribution in [0.2, 0.25) is 0 Å². The molecule has 0 spiro atoms. The molecule has 156 valence electrons. The highest BCUT2D eigenvalue weighted by molar-refractivity contribution is 9.10. The number of carbonyl (C=O) groups excluding carboxylic acids is 1. The van der Waals surface area contributed by atoms with Gasteiger partial charge in [0.25, 0.3) is 5.91 Å². The maximum Gasteiger partial charge on any atom is 0.293 e. The average molecular weight is 499 g/mol. The van der Waals surface area contributed by atoms with Crippen LogP contribution in [0.3, 0.4) is 0 Å². The van der Waals surface area contributed by atoms with Gasteiger partial charge >= 0.3 is 0 Å². The molecule has 0 unspecified atom stereocenters. The van der Waals surface area contributed by atoms with E-state index < -0.39 is 5.91 Å². The second-order valence-electron chi connectivity index (χ2n) is 6.13. The lowest BCUT2D eigenvalue weighted by atomic mass is 10.2. The van der Waals surface area contributed by atoms with Gasteiger partial charge in [-0.05, 0) is 40.1 Å². The summed E-state index contributed by atoms with van der Waals surface area (Å²) in [6, 6.07) is 17.2. The van der Waals surface area contributed by atoms with Crippen molar-refractivity contribution in [3.05, 3.63) is 76.0 Å². The van der Waals surface area contributed by atoms with Crippen molar-refractivity contribution >= 4 is 45.6 Å². The van der Waals surface area contributed by atoms with E-state index in [2.05, 4.69) is 51.7 Å². The molecule has 0 saturated carbocycles. The number of nitrogen functional groups attached to an aromatic ring is 1. The van der Waals surface area contributed by atoms with Crippen LogP contribution < -0.4 is 11.2 Å². The van der Waals surface area contributed by atoms with Crippen LogP contribution in [-0.4, -0.2) is 37.4 Å². The predicted molar refractivity (Wildman–Crippen MR) is 119 cm³/mol. The minimum Gasteiger partial charge on any atom is -0.378 e. The Morgan fingerprint density at radius 1 is 1.23 bits per heavy atom. The van der Waals surface area contributed by atoms with Gasteiger partial charge in [0.1, 0.15) is 0 Å². The van der Waals surface area contributed by atoms with Crippen molar-refractivity contribution in [3.8, 4) is 5.82 Å². The van der Waals surface area contributed by atoms with Gasteiger partial charge in [-0.2, -0.15) is 9.78 Å². The van der Waals surface area contributed by atoms with E-state index >= 15 is 0 Å². The van der Waals surface area contributed by atoms with Crippen molar-refractivity contribution in [2.75, 3.05) is 5.73 Å². The first-order valence-corrected chi connectivity index (χ1v) is 10.7. The van der Waals surface area contributed by atoms with Crippen LogP contribution in [-0.2, 0) is 5.75 Å². The number of nitrogens with zero attached hydrogens (tertiary/aromatic N) is 6. The van der Waals surface area contributed by atoms with E-state index in [0.717, 1.165) is 14.9 Å². The Bertz CT molecular complexity index is 1220. The molecule has 4 aromatic rings. The Morgan fingerprint density at radius 2 is 2.06 bits per heavy atom. The Morgan fingerprint density at radius 3 is 2.81 bits per heavy atom. The fourth-order valence-electron chi connectivity index (χ4n) is 2.59. The second-order valence-corrected chi connectivity index (χ2v) is 8.09. The fourth-order valence-corrected chi connectivity index (χ4v) is 3.92. The molecular formula is C19H15BrN8O2S. The number of rotatable bonds is 7. The molecule has 2 aromatic carbocycles. The first-order chi connectivity index (χ1) is 15.1. The van der Waals surface area contributed by atoms with Crippen LogP contribution in [0.5, 0.6) is 0 Å². The van der Waals surface area contributed by atoms with Gasteiger partial charge in [-0.15, -0.1) is 16.9 Å². The van der Waals surface area contributed by atoms with Crippen LogP contribution in [0.15, 0.2) is 73.7 Å². The van der Waals surface area contributed by atoms with Gasteiger partial charge in [-0.1, -0.05) is 51.5 Å². The van der Waals surface area contributed by atoms with E-state index in [1.807, 2.05) is 54.6 Å². The third-order valence-electron chi connectivity index (χ3n) is 4.02. The van der Waals surface area contributed by atoms with E-state index in [9.17, 15) is 4.79 Å². The molecule has 0 aliphatic rings. The molecular weight excluding hydrogens is 484 g/mol. The molecule has 0 atom stereocenters. The molecule has 0 fully saturated rings. The molecule has 2 aromatic heterocycles. The lowest BCUT2D eigenvalue weighted by molar-refractivity contribution is 0.0949. The summed E-state index contributed by atoms with van der Waals surface area (Å²) in [4.78, 5) is 13.8. The number of benzene rings is 2. The summed E-state index contributed by atoms with van der Waals surface area (Å²) in [5, 5.41) is 19.4. The highest BCUT2D eigenvalue weighted by atomic mass is 79.9. The smallest absolute Gasteiger partial charge is 0.293 e. The van der Waals surface area contributed by atoms with Crippen molar-refractivity contribution in [2.45, 2.75) is 10.6 Å². The molecule has 0 bridgehead atoms. The largest absolute Gasteiger partial charge is 0.378 e. The number of anilines is 1. The lowest BCUT2D eigenvalue weighted by Crippen LogP contribution is -2.20. The van der Waals surface area contributed by atoms with Crippen molar-refractivity contribution in [1.82, 2.24) is 30.7 Å². The SMILES string of the molecule is Nc1nonc1-n1nnc(C(=O)N/N=C/c2cccc(Br)c2)c1CSc1ccccc1. The molecule has 10 nitrogen and oxygen atoms in total. The predicted octanol–water partition coefficient (Wildman–Crippen LogP) is 3.05. The minimum atomic E-state index is -0.517. The zero-order chi connectivity index (χ0) is 21.6. The van der Waals surface area contributed by atoms with Crippen molar-refractivity contribution in [2.24, 2.45) is 5.10 Å². The summed E-state index contributed by atoms with van der Waals surface area (Å²) < 4.78 is 6.91. The van der Waals surface area contributed by atoms with E-state index in [0.29, 0.717) is 11.4 Å². The lowest BCUT2D eigenvalue weighted by Gasteiger charge is -2.05. The van der Waals surface area contributed by atoms with E-state index in [1.165, 1.54) is 22.7 Å². The van der Waals surface area contributed by atoms with Crippen molar-refractivity contribution in [3.63, 3.8) is 0 Å². The normalized spacial score (nSPS) is 11.1. The van der Waals surface area contributed by atoms with Gasteiger partial charge < -0.3 is 5.73 Å². The van der Waals surface area contributed by atoms with E-state index in [4.69, 9.17) is 5.73 Å². The number of hydrogen-bond donors (Lipinski definition) is 2.